The maximum atomic E-state index is 13.1. The predicted molar refractivity (Wildman–Crippen MR) is 124 cm³/mol. The number of aromatic nitrogens is 1. The van der Waals surface area contributed by atoms with Gasteiger partial charge in [-0.15, -0.1) is 0 Å². The van der Waals surface area contributed by atoms with E-state index in [1.54, 1.807) is 0 Å². The molecule has 2 aromatic carbocycles. The quantitative estimate of drug-likeness (QED) is 0.586. The van der Waals surface area contributed by atoms with Crippen LogP contribution in [0.3, 0.4) is 0 Å². The average molecular weight is 432 g/mol. The summed E-state index contributed by atoms with van der Waals surface area (Å²) in [7, 11) is 4.03. The van der Waals surface area contributed by atoms with Gasteiger partial charge in [-0.2, -0.15) is 0 Å². The Morgan fingerprint density at radius 1 is 1.00 bits per heavy atom. The van der Waals surface area contributed by atoms with E-state index in [1.165, 1.54) is 11.1 Å². The van der Waals surface area contributed by atoms with E-state index in [2.05, 4.69) is 21.3 Å². The Balaban J connectivity index is 1.59. The highest BCUT2D eigenvalue weighted by Gasteiger charge is 2.45. The van der Waals surface area contributed by atoms with E-state index in [0.29, 0.717) is 6.61 Å². The number of nitrogens with one attached hydrogen (secondary N) is 2. The summed E-state index contributed by atoms with van der Waals surface area (Å²) in [5, 5.41) is 3.60. The molecule has 32 heavy (non-hydrogen) atoms. The number of hydrogen-bond donors (Lipinski definition) is 2. The Bertz CT molecular complexity index is 1180. The molecule has 166 valence electrons. The maximum Gasteiger partial charge on any atom is 0.235 e. The fourth-order valence-electron chi connectivity index (χ4n) is 5.15. The van der Waals surface area contributed by atoms with Gasteiger partial charge in [0.1, 0.15) is 12.4 Å². The Hall–Kier alpha value is -3.12. The highest BCUT2D eigenvalue weighted by molar-refractivity contribution is 6.12. The number of carbonyl (C=O) groups excluding carboxylic acids is 2. The smallest absolute Gasteiger partial charge is 0.235 e. The molecular formula is C26H29N3O3. The standard InChI is InChI=1S/C26H29N3O3/c1-29(2)11-12-32-17-13-16-7-3-4-8-18(16)20(14-17)23-24(26(31)28-25(23)30)21-15-27-22-10-6-5-9-19(21)22/h5-6,9-10,13-15,23-24,27H,3-4,7-8,11-12H2,1-2H3,(H,28,30,31). The van der Waals surface area contributed by atoms with Crippen molar-refractivity contribution < 1.29 is 14.3 Å². The lowest BCUT2D eigenvalue weighted by Crippen LogP contribution is -2.22. The summed E-state index contributed by atoms with van der Waals surface area (Å²) in [6.07, 6.45) is 6.02. The van der Waals surface area contributed by atoms with Crippen LogP contribution in [0.1, 0.15) is 46.9 Å². The van der Waals surface area contributed by atoms with Crippen LogP contribution in [0.15, 0.2) is 42.6 Å². The van der Waals surface area contributed by atoms with E-state index >= 15 is 0 Å². The number of imide groups is 1. The number of para-hydroxylation sites is 1. The summed E-state index contributed by atoms with van der Waals surface area (Å²) in [5.41, 5.74) is 5.25. The van der Waals surface area contributed by atoms with E-state index in [1.807, 2.05) is 50.6 Å². The summed E-state index contributed by atoms with van der Waals surface area (Å²) in [4.78, 5) is 31.5. The molecule has 0 saturated carbocycles. The Morgan fingerprint density at radius 2 is 1.75 bits per heavy atom. The van der Waals surface area contributed by atoms with Gasteiger partial charge in [0.2, 0.25) is 11.8 Å². The van der Waals surface area contributed by atoms with Crippen LogP contribution in [0.25, 0.3) is 10.9 Å². The molecule has 2 N–H and O–H groups in total. The number of ether oxygens (including phenoxy) is 1. The first-order valence-electron chi connectivity index (χ1n) is 11.4. The van der Waals surface area contributed by atoms with Gasteiger partial charge in [-0.05, 0) is 80.2 Å². The number of benzene rings is 2. The fraction of sp³-hybridized carbons (Fsp3) is 0.385. The number of carbonyl (C=O) groups is 2. The third-order valence-electron chi connectivity index (χ3n) is 6.72. The molecule has 0 spiro atoms. The molecule has 1 aliphatic carbocycles. The van der Waals surface area contributed by atoms with Crippen LogP contribution in [0.5, 0.6) is 5.75 Å². The Kier molecular flexibility index (Phi) is 5.47. The zero-order valence-corrected chi connectivity index (χ0v) is 18.6. The number of nitrogens with zero attached hydrogens (tertiary/aromatic N) is 1. The molecule has 1 aromatic heterocycles. The third kappa shape index (κ3) is 3.69. The first kappa shape index (κ1) is 20.8. The van der Waals surface area contributed by atoms with Crippen molar-refractivity contribution in [3.63, 3.8) is 0 Å². The van der Waals surface area contributed by atoms with Gasteiger partial charge in [0.15, 0.2) is 0 Å². The second kappa shape index (κ2) is 8.43. The summed E-state index contributed by atoms with van der Waals surface area (Å²) < 4.78 is 6.08. The number of amides is 2. The van der Waals surface area contributed by atoms with E-state index < -0.39 is 11.8 Å². The highest BCUT2D eigenvalue weighted by Crippen LogP contribution is 2.44. The number of H-pyrrole nitrogens is 1. The van der Waals surface area contributed by atoms with Crippen molar-refractivity contribution in [2.24, 2.45) is 0 Å². The predicted octanol–water partition coefficient (Wildman–Crippen LogP) is 3.51. The van der Waals surface area contributed by atoms with Crippen molar-refractivity contribution in [2.75, 3.05) is 27.2 Å². The first-order valence-corrected chi connectivity index (χ1v) is 11.4. The van der Waals surface area contributed by atoms with Crippen LogP contribution in [0.4, 0.5) is 0 Å². The molecule has 0 radical (unpaired) electrons. The number of hydrogen-bond acceptors (Lipinski definition) is 4. The molecule has 2 aliphatic rings. The molecule has 1 aliphatic heterocycles. The summed E-state index contributed by atoms with van der Waals surface area (Å²) >= 11 is 0. The summed E-state index contributed by atoms with van der Waals surface area (Å²) in [6.45, 7) is 1.39. The summed E-state index contributed by atoms with van der Waals surface area (Å²) in [6, 6.07) is 12.1. The summed E-state index contributed by atoms with van der Waals surface area (Å²) in [5.74, 6) is -0.767. The van der Waals surface area contributed by atoms with Crippen LogP contribution >= 0.6 is 0 Å². The third-order valence-corrected chi connectivity index (χ3v) is 6.72. The van der Waals surface area contributed by atoms with E-state index in [4.69, 9.17) is 4.74 Å². The highest BCUT2D eigenvalue weighted by atomic mass is 16.5. The first-order chi connectivity index (χ1) is 15.5. The number of likely N-dealkylation sites (N-methyl/N-ethyl adjacent to an activating group) is 1. The lowest BCUT2D eigenvalue weighted by atomic mass is 9.77. The Morgan fingerprint density at radius 3 is 2.56 bits per heavy atom. The molecule has 1 saturated heterocycles. The molecule has 5 rings (SSSR count). The normalized spacial score (nSPS) is 20.6. The van der Waals surface area contributed by atoms with Crippen molar-refractivity contribution in [1.29, 1.82) is 0 Å². The number of rotatable bonds is 6. The number of fused-ring (bicyclic) bond motifs is 2. The zero-order valence-electron chi connectivity index (χ0n) is 18.6. The van der Waals surface area contributed by atoms with Gasteiger partial charge >= 0.3 is 0 Å². The van der Waals surface area contributed by atoms with E-state index in [0.717, 1.165) is 60.0 Å². The van der Waals surface area contributed by atoms with Crippen LogP contribution in [-0.2, 0) is 22.4 Å². The van der Waals surface area contributed by atoms with Gasteiger partial charge in [0, 0.05) is 23.6 Å². The molecule has 0 bridgehead atoms. The molecule has 3 aromatic rings. The van der Waals surface area contributed by atoms with Gasteiger partial charge in [-0.3, -0.25) is 14.9 Å². The van der Waals surface area contributed by atoms with Crippen molar-refractivity contribution >= 4 is 22.7 Å². The monoisotopic (exact) mass is 431 g/mol. The van der Waals surface area contributed by atoms with E-state index in [9.17, 15) is 9.59 Å². The Labute approximate surface area is 187 Å². The van der Waals surface area contributed by atoms with Gasteiger partial charge in [-0.25, -0.2) is 0 Å². The molecular weight excluding hydrogens is 402 g/mol. The average Bonchev–Trinajstić information content (AvgIpc) is 3.32. The minimum absolute atomic E-state index is 0.219. The lowest BCUT2D eigenvalue weighted by Gasteiger charge is -2.25. The van der Waals surface area contributed by atoms with Gasteiger partial charge in [0.05, 0.1) is 11.8 Å². The lowest BCUT2D eigenvalue weighted by molar-refractivity contribution is -0.125. The topological polar surface area (TPSA) is 74.4 Å². The molecule has 2 heterocycles. The number of aromatic amines is 1. The fourth-order valence-corrected chi connectivity index (χ4v) is 5.15. The zero-order chi connectivity index (χ0) is 22.2. The van der Waals surface area contributed by atoms with E-state index in [-0.39, 0.29) is 11.8 Å². The molecule has 1 fully saturated rings. The minimum Gasteiger partial charge on any atom is -0.492 e. The SMILES string of the molecule is CN(C)CCOc1cc2c(c(C3C(=O)NC(=O)C3c3c[nH]c4ccccc34)c1)CCCC2. The van der Waals surface area contributed by atoms with Crippen LogP contribution in [-0.4, -0.2) is 48.9 Å². The van der Waals surface area contributed by atoms with Gasteiger partial charge < -0.3 is 14.6 Å². The maximum absolute atomic E-state index is 13.1. The van der Waals surface area contributed by atoms with Crippen molar-refractivity contribution in [1.82, 2.24) is 15.2 Å². The van der Waals surface area contributed by atoms with Crippen molar-refractivity contribution in [3.05, 3.63) is 64.8 Å². The second-order valence-electron chi connectivity index (χ2n) is 9.11. The molecule has 6 heteroatoms. The van der Waals surface area contributed by atoms with Crippen molar-refractivity contribution in [2.45, 2.75) is 37.5 Å². The van der Waals surface area contributed by atoms with Crippen LogP contribution in [0, 0.1) is 0 Å². The van der Waals surface area contributed by atoms with Crippen molar-refractivity contribution in [3.8, 4) is 5.75 Å². The van der Waals surface area contributed by atoms with Gasteiger partial charge in [-0.1, -0.05) is 18.2 Å². The molecule has 2 amide bonds. The molecule has 2 atom stereocenters. The molecule has 6 nitrogen and oxygen atoms in total. The largest absolute Gasteiger partial charge is 0.492 e. The van der Waals surface area contributed by atoms with Crippen LogP contribution in [0.2, 0.25) is 0 Å². The van der Waals surface area contributed by atoms with Gasteiger partial charge in [0.25, 0.3) is 0 Å². The van der Waals surface area contributed by atoms with Crippen LogP contribution < -0.4 is 10.1 Å². The minimum atomic E-state index is -0.554. The second-order valence-corrected chi connectivity index (χ2v) is 9.11. The number of aryl methyl sites for hydroxylation is 1. The molecule has 2 unspecified atom stereocenters.